The van der Waals surface area contributed by atoms with Crippen LogP contribution in [-0.4, -0.2) is 18.2 Å². The van der Waals surface area contributed by atoms with Gasteiger partial charge < -0.3 is 9.73 Å². The van der Waals surface area contributed by atoms with Crippen LogP contribution >= 0.6 is 11.8 Å². The quantitative estimate of drug-likeness (QED) is 0.568. The monoisotopic (exact) mass is 376 g/mol. The van der Waals surface area contributed by atoms with Gasteiger partial charge in [-0.2, -0.15) is 8.78 Å². The number of alkyl halides is 2. The highest BCUT2D eigenvalue weighted by atomic mass is 32.2. The molecule has 3 aromatic rings. The van der Waals surface area contributed by atoms with Crippen molar-refractivity contribution >= 4 is 34.3 Å². The molecule has 0 saturated heterocycles. The zero-order valence-corrected chi connectivity index (χ0v) is 14.9. The lowest BCUT2D eigenvalue weighted by Gasteiger charge is -2.13. The van der Waals surface area contributed by atoms with E-state index in [0.29, 0.717) is 22.3 Å². The summed E-state index contributed by atoms with van der Waals surface area (Å²) in [4.78, 5) is 12.5. The van der Waals surface area contributed by atoms with Gasteiger partial charge >= 0.3 is 0 Å². The van der Waals surface area contributed by atoms with E-state index in [2.05, 4.69) is 10.6 Å². The highest BCUT2D eigenvalue weighted by Crippen LogP contribution is 2.31. The van der Waals surface area contributed by atoms with Crippen molar-refractivity contribution in [3.05, 3.63) is 60.4 Å². The topological polar surface area (TPSA) is 54.3 Å². The number of anilines is 1. The molecular weight excluding hydrogens is 358 g/mol. The fraction of sp³-hybridized carbons (Fsp3) is 0.211. The van der Waals surface area contributed by atoms with Crippen molar-refractivity contribution < 1.29 is 18.0 Å². The number of fused-ring (bicyclic) bond motifs is 1. The van der Waals surface area contributed by atoms with Crippen molar-refractivity contribution in [1.29, 1.82) is 0 Å². The van der Waals surface area contributed by atoms with Gasteiger partial charge in [0, 0.05) is 10.3 Å². The fourth-order valence-corrected chi connectivity index (χ4v) is 3.12. The molecule has 0 bridgehead atoms. The van der Waals surface area contributed by atoms with Crippen molar-refractivity contribution in [1.82, 2.24) is 5.32 Å². The minimum atomic E-state index is -2.54. The summed E-state index contributed by atoms with van der Waals surface area (Å²) in [5.74, 6) is -2.12. The summed E-state index contributed by atoms with van der Waals surface area (Å²) >= 11 is 0.407. The van der Waals surface area contributed by atoms with Crippen LogP contribution < -0.4 is 10.6 Å². The molecule has 1 atom stereocenters. The van der Waals surface area contributed by atoms with Crippen molar-refractivity contribution in [2.45, 2.75) is 23.6 Å². The van der Waals surface area contributed by atoms with E-state index in [4.69, 9.17) is 4.42 Å². The lowest BCUT2D eigenvalue weighted by atomic mass is 10.2. The van der Waals surface area contributed by atoms with Crippen molar-refractivity contribution in [2.24, 2.45) is 0 Å². The van der Waals surface area contributed by atoms with E-state index in [1.165, 1.54) is 0 Å². The average molecular weight is 376 g/mol. The second kappa shape index (κ2) is 8.33. The van der Waals surface area contributed by atoms with E-state index in [1.807, 2.05) is 37.3 Å². The molecule has 2 N–H and O–H groups in total. The van der Waals surface area contributed by atoms with Crippen LogP contribution in [0.15, 0.2) is 63.9 Å². The molecule has 2 aromatic carbocycles. The SMILES string of the molecule is CC(NCC(=O)Nc1ccccc1SC(F)F)c1cc2ccccc2o1. The highest BCUT2D eigenvalue weighted by molar-refractivity contribution is 7.99. The summed E-state index contributed by atoms with van der Waals surface area (Å²) in [7, 11) is 0. The number of carbonyl (C=O) groups excluding carboxylic acids is 1. The van der Waals surface area contributed by atoms with Crippen molar-refractivity contribution in [3.63, 3.8) is 0 Å². The van der Waals surface area contributed by atoms with Crippen LogP contribution in [-0.2, 0) is 4.79 Å². The Hall–Kier alpha value is -2.38. The van der Waals surface area contributed by atoms with Gasteiger partial charge in [0.25, 0.3) is 5.76 Å². The Morgan fingerprint density at radius 1 is 1.15 bits per heavy atom. The molecule has 0 fully saturated rings. The fourth-order valence-electron chi connectivity index (χ4n) is 2.53. The number of hydrogen-bond acceptors (Lipinski definition) is 4. The molecule has 7 heteroatoms. The zero-order chi connectivity index (χ0) is 18.5. The first-order chi connectivity index (χ1) is 12.5. The molecule has 26 heavy (non-hydrogen) atoms. The number of furan rings is 1. The predicted octanol–water partition coefficient (Wildman–Crippen LogP) is 5.04. The van der Waals surface area contributed by atoms with Crippen LogP contribution in [0.1, 0.15) is 18.7 Å². The Morgan fingerprint density at radius 3 is 2.65 bits per heavy atom. The number of para-hydroxylation sites is 2. The van der Waals surface area contributed by atoms with Gasteiger partial charge in [-0.25, -0.2) is 0 Å². The number of carbonyl (C=O) groups is 1. The molecule has 1 heterocycles. The normalized spacial score (nSPS) is 12.5. The van der Waals surface area contributed by atoms with Gasteiger partial charge in [0.15, 0.2) is 0 Å². The molecule has 1 unspecified atom stereocenters. The highest BCUT2D eigenvalue weighted by Gasteiger charge is 2.14. The van der Waals surface area contributed by atoms with Gasteiger partial charge in [-0.1, -0.05) is 42.1 Å². The van der Waals surface area contributed by atoms with E-state index in [9.17, 15) is 13.6 Å². The maximum Gasteiger partial charge on any atom is 0.288 e. The number of amides is 1. The number of rotatable bonds is 7. The van der Waals surface area contributed by atoms with Crippen LogP contribution in [0.3, 0.4) is 0 Å². The van der Waals surface area contributed by atoms with Crippen LogP contribution in [0.2, 0.25) is 0 Å². The van der Waals surface area contributed by atoms with Gasteiger partial charge in [0.1, 0.15) is 11.3 Å². The Bertz CT molecular complexity index is 865. The molecule has 0 radical (unpaired) electrons. The maximum absolute atomic E-state index is 12.6. The summed E-state index contributed by atoms with van der Waals surface area (Å²) in [6, 6.07) is 15.9. The van der Waals surface area contributed by atoms with Crippen LogP contribution in [0, 0.1) is 0 Å². The smallest absolute Gasteiger partial charge is 0.288 e. The van der Waals surface area contributed by atoms with Gasteiger partial charge in [0.2, 0.25) is 5.91 Å². The van der Waals surface area contributed by atoms with Crippen LogP contribution in [0.4, 0.5) is 14.5 Å². The van der Waals surface area contributed by atoms with E-state index < -0.39 is 5.76 Å². The third-order valence-electron chi connectivity index (χ3n) is 3.82. The second-order valence-electron chi connectivity index (χ2n) is 5.71. The van der Waals surface area contributed by atoms with Crippen LogP contribution in [0.5, 0.6) is 0 Å². The lowest BCUT2D eigenvalue weighted by molar-refractivity contribution is -0.115. The lowest BCUT2D eigenvalue weighted by Crippen LogP contribution is -2.30. The standard InChI is InChI=1S/C19H18F2N2O2S/c1-12(16-10-13-6-2-4-8-15(13)25-16)22-11-18(24)23-14-7-3-5-9-17(14)26-19(20)21/h2-10,12,19,22H,11H2,1H3,(H,23,24). The Morgan fingerprint density at radius 2 is 1.88 bits per heavy atom. The Labute approximate surface area is 154 Å². The first-order valence-corrected chi connectivity index (χ1v) is 8.96. The predicted molar refractivity (Wildman–Crippen MR) is 99.6 cm³/mol. The average Bonchev–Trinajstić information content (AvgIpc) is 3.05. The van der Waals surface area contributed by atoms with Crippen molar-refractivity contribution in [3.8, 4) is 0 Å². The minimum absolute atomic E-state index is 0.0336. The molecular formula is C19H18F2N2O2S. The maximum atomic E-state index is 12.6. The van der Waals surface area contributed by atoms with E-state index >= 15 is 0 Å². The number of nitrogens with one attached hydrogen (secondary N) is 2. The van der Waals surface area contributed by atoms with Gasteiger partial charge in [-0.15, -0.1) is 0 Å². The van der Waals surface area contributed by atoms with Crippen molar-refractivity contribution in [2.75, 3.05) is 11.9 Å². The van der Waals surface area contributed by atoms with Crippen LogP contribution in [0.25, 0.3) is 11.0 Å². The third kappa shape index (κ3) is 4.62. The Kier molecular flexibility index (Phi) is 5.90. The first-order valence-electron chi connectivity index (χ1n) is 8.08. The minimum Gasteiger partial charge on any atom is -0.459 e. The second-order valence-corrected chi connectivity index (χ2v) is 6.74. The molecule has 0 aliphatic heterocycles. The van der Waals surface area contributed by atoms with E-state index in [-0.39, 0.29) is 18.5 Å². The molecule has 3 rings (SSSR count). The number of benzene rings is 2. The zero-order valence-electron chi connectivity index (χ0n) is 14.0. The molecule has 136 valence electrons. The van der Waals surface area contributed by atoms with Gasteiger partial charge in [-0.05, 0) is 31.2 Å². The molecule has 0 spiro atoms. The Balaban J connectivity index is 1.58. The van der Waals surface area contributed by atoms with E-state index in [1.54, 1.807) is 24.3 Å². The summed E-state index contributed by atoms with van der Waals surface area (Å²) in [5, 5.41) is 6.74. The molecule has 1 amide bonds. The number of thioether (sulfide) groups is 1. The summed E-state index contributed by atoms with van der Waals surface area (Å²) in [6.07, 6.45) is 0. The molecule has 1 aromatic heterocycles. The summed E-state index contributed by atoms with van der Waals surface area (Å²) in [5.41, 5.74) is 1.17. The molecule has 4 nitrogen and oxygen atoms in total. The number of hydrogen-bond donors (Lipinski definition) is 2. The van der Waals surface area contributed by atoms with E-state index in [0.717, 1.165) is 16.7 Å². The summed E-state index contributed by atoms with van der Waals surface area (Å²) in [6.45, 7) is 1.93. The van der Waals surface area contributed by atoms with Gasteiger partial charge in [-0.3, -0.25) is 10.1 Å². The molecule has 0 aliphatic rings. The molecule has 0 aliphatic carbocycles. The number of halogens is 2. The molecule has 0 saturated carbocycles. The third-order valence-corrected chi connectivity index (χ3v) is 4.61. The summed E-state index contributed by atoms with van der Waals surface area (Å²) < 4.78 is 31.0. The largest absolute Gasteiger partial charge is 0.459 e. The first kappa shape index (κ1) is 18.4. The van der Waals surface area contributed by atoms with Gasteiger partial charge in [0.05, 0.1) is 18.3 Å².